The van der Waals surface area contributed by atoms with Crippen LogP contribution >= 0.6 is 0 Å². The molecule has 0 aliphatic carbocycles. The van der Waals surface area contributed by atoms with Gasteiger partial charge in [0.2, 0.25) is 0 Å². The second-order valence-electron chi connectivity index (χ2n) is 3.94. The van der Waals surface area contributed by atoms with Crippen LogP contribution in [-0.4, -0.2) is 5.78 Å². The van der Waals surface area contributed by atoms with Gasteiger partial charge in [0.15, 0.2) is 17.4 Å². The van der Waals surface area contributed by atoms with Crippen LogP contribution in [0.5, 0.6) is 0 Å². The predicted molar refractivity (Wildman–Crippen MR) is 60.8 cm³/mol. The Labute approximate surface area is 106 Å². The number of halogens is 4. The molecular formula is C14H8F4O. The fourth-order valence-corrected chi connectivity index (χ4v) is 1.67. The number of hydrogen-bond donors (Lipinski definition) is 0. The van der Waals surface area contributed by atoms with Gasteiger partial charge >= 0.3 is 0 Å². The minimum atomic E-state index is -1.14. The van der Waals surface area contributed by atoms with Crippen molar-refractivity contribution in [3.8, 4) is 0 Å². The molecule has 0 aliphatic rings. The molecule has 0 saturated carbocycles. The van der Waals surface area contributed by atoms with E-state index in [2.05, 4.69) is 0 Å². The lowest BCUT2D eigenvalue weighted by Crippen LogP contribution is -2.08. The molecule has 0 spiro atoms. The van der Waals surface area contributed by atoms with E-state index in [1.54, 1.807) is 0 Å². The van der Waals surface area contributed by atoms with Crippen LogP contribution in [0.15, 0.2) is 36.4 Å². The van der Waals surface area contributed by atoms with Crippen LogP contribution in [0.1, 0.15) is 15.9 Å². The standard InChI is InChI=1S/C14H8F4O/c15-9-4-5-10(12(17)7-9)13(19)6-8-2-1-3-11(16)14(8)18/h1-5,7H,6H2. The van der Waals surface area contributed by atoms with Crippen LogP contribution in [0.25, 0.3) is 0 Å². The van der Waals surface area contributed by atoms with Crippen molar-refractivity contribution in [2.24, 2.45) is 0 Å². The topological polar surface area (TPSA) is 17.1 Å². The minimum Gasteiger partial charge on any atom is -0.294 e. The molecule has 19 heavy (non-hydrogen) atoms. The summed E-state index contributed by atoms with van der Waals surface area (Å²) < 4.78 is 52.4. The summed E-state index contributed by atoms with van der Waals surface area (Å²) >= 11 is 0. The normalized spacial score (nSPS) is 10.5. The summed E-state index contributed by atoms with van der Waals surface area (Å²) in [4.78, 5) is 11.8. The zero-order chi connectivity index (χ0) is 14.0. The maximum atomic E-state index is 13.4. The molecule has 0 fully saturated rings. The van der Waals surface area contributed by atoms with Crippen molar-refractivity contribution in [1.82, 2.24) is 0 Å². The third-order valence-electron chi connectivity index (χ3n) is 2.61. The quantitative estimate of drug-likeness (QED) is 0.613. The summed E-state index contributed by atoms with van der Waals surface area (Å²) in [6, 6.07) is 5.87. The van der Waals surface area contributed by atoms with Crippen LogP contribution in [0.4, 0.5) is 17.6 Å². The molecule has 2 rings (SSSR count). The van der Waals surface area contributed by atoms with Crippen molar-refractivity contribution in [2.75, 3.05) is 0 Å². The molecule has 5 heteroatoms. The summed E-state index contributed by atoms with van der Waals surface area (Å²) in [5.74, 6) is -4.81. The highest BCUT2D eigenvalue weighted by molar-refractivity contribution is 5.97. The summed E-state index contributed by atoms with van der Waals surface area (Å²) in [6.45, 7) is 0. The van der Waals surface area contributed by atoms with Gasteiger partial charge in [0.1, 0.15) is 11.6 Å². The van der Waals surface area contributed by atoms with Crippen molar-refractivity contribution >= 4 is 5.78 Å². The molecule has 1 nitrogen and oxygen atoms in total. The van der Waals surface area contributed by atoms with Crippen molar-refractivity contribution in [3.63, 3.8) is 0 Å². The zero-order valence-electron chi connectivity index (χ0n) is 9.59. The van der Waals surface area contributed by atoms with Crippen LogP contribution in [-0.2, 0) is 6.42 Å². The number of Topliss-reactive ketones (excluding diaryl/α,β-unsaturated/α-hetero) is 1. The lowest BCUT2D eigenvalue weighted by atomic mass is 10.0. The predicted octanol–water partition coefficient (Wildman–Crippen LogP) is 3.67. The Morgan fingerprint density at radius 3 is 2.37 bits per heavy atom. The first-order valence-electron chi connectivity index (χ1n) is 5.40. The Morgan fingerprint density at radius 1 is 0.947 bits per heavy atom. The summed E-state index contributed by atoms with van der Waals surface area (Å²) in [5, 5.41) is 0. The van der Waals surface area contributed by atoms with Crippen molar-refractivity contribution in [1.29, 1.82) is 0 Å². The van der Waals surface area contributed by atoms with E-state index < -0.39 is 35.5 Å². The molecule has 0 unspecified atom stereocenters. The lowest BCUT2D eigenvalue weighted by Gasteiger charge is -2.05. The molecule has 2 aromatic carbocycles. The van der Waals surface area contributed by atoms with Crippen LogP contribution in [0.3, 0.4) is 0 Å². The van der Waals surface area contributed by atoms with E-state index in [9.17, 15) is 22.4 Å². The van der Waals surface area contributed by atoms with Gasteiger partial charge in [-0.25, -0.2) is 17.6 Å². The Bertz CT molecular complexity index is 637. The SMILES string of the molecule is O=C(Cc1cccc(F)c1F)c1ccc(F)cc1F. The third-order valence-corrected chi connectivity index (χ3v) is 2.61. The highest BCUT2D eigenvalue weighted by Crippen LogP contribution is 2.16. The highest BCUT2D eigenvalue weighted by Gasteiger charge is 2.16. The van der Waals surface area contributed by atoms with Crippen LogP contribution in [0.2, 0.25) is 0 Å². The van der Waals surface area contributed by atoms with Gasteiger partial charge in [-0.15, -0.1) is 0 Å². The molecule has 0 atom stereocenters. The number of ketones is 1. The fourth-order valence-electron chi connectivity index (χ4n) is 1.67. The van der Waals surface area contributed by atoms with Gasteiger partial charge in [0.25, 0.3) is 0 Å². The van der Waals surface area contributed by atoms with Gasteiger partial charge in [-0.1, -0.05) is 12.1 Å². The number of hydrogen-bond acceptors (Lipinski definition) is 1. The van der Waals surface area contributed by atoms with E-state index in [-0.39, 0.29) is 11.1 Å². The van der Waals surface area contributed by atoms with Crippen LogP contribution < -0.4 is 0 Å². The minimum absolute atomic E-state index is 0.172. The number of carbonyl (C=O) groups excluding carboxylic acids is 1. The fraction of sp³-hybridized carbons (Fsp3) is 0.0714. The Kier molecular flexibility index (Phi) is 3.64. The molecule has 0 amide bonds. The summed E-state index contributed by atoms with van der Waals surface area (Å²) in [7, 11) is 0. The second kappa shape index (κ2) is 5.22. The van der Waals surface area contributed by atoms with Gasteiger partial charge in [-0.3, -0.25) is 4.79 Å². The van der Waals surface area contributed by atoms with Gasteiger partial charge in [-0.05, 0) is 23.8 Å². The molecule has 0 aliphatic heterocycles. The largest absolute Gasteiger partial charge is 0.294 e. The number of rotatable bonds is 3. The average molecular weight is 268 g/mol. The molecule has 0 heterocycles. The van der Waals surface area contributed by atoms with E-state index >= 15 is 0 Å². The molecule has 0 radical (unpaired) electrons. The first-order valence-corrected chi connectivity index (χ1v) is 5.40. The number of carbonyl (C=O) groups is 1. The van der Waals surface area contributed by atoms with E-state index in [4.69, 9.17) is 0 Å². The molecule has 0 bridgehead atoms. The van der Waals surface area contributed by atoms with Crippen LogP contribution in [0, 0.1) is 23.3 Å². The third kappa shape index (κ3) is 2.81. The lowest BCUT2D eigenvalue weighted by molar-refractivity contribution is 0.0987. The zero-order valence-corrected chi connectivity index (χ0v) is 9.59. The maximum absolute atomic E-state index is 13.4. The first-order chi connectivity index (χ1) is 8.99. The summed E-state index contributed by atoms with van der Waals surface area (Å²) in [5.41, 5.74) is -0.529. The molecule has 98 valence electrons. The van der Waals surface area contributed by atoms with E-state index in [0.29, 0.717) is 6.07 Å². The van der Waals surface area contributed by atoms with E-state index in [1.165, 1.54) is 12.1 Å². The van der Waals surface area contributed by atoms with Gasteiger partial charge in [-0.2, -0.15) is 0 Å². The van der Waals surface area contributed by atoms with Gasteiger partial charge in [0.05, 0.1) is 5.56 Å². The Hall–Kier alpha value is -2.17. The molecule has 2 aromatic rings. The molecular weight excluding hydrogens is 260 g/mol. The van der Waals surface area contributed by atoms with Gasteiger partial charge < -0.3 is 0 Å². The molecule has 0 aromatic heterocycles. The monoisotopic (exact) mass is 268 g/mol. The van der Waals surface area contributed by atoms with E-state index in [0.717, 1.165) is 18.2 Å². The first kappa shape index (κ1) is 13.3. The maximum Gasteiger partial charge on any atom is 0.170 e. The van der Waals surface area contributed by atoms with Gasteiger partial charge in [0, 0.05) is 12.5 Å². The Morgan fingerprint density at radius 2 is 1.68 bits per heavy atom. The highest BCUT2D eigenvalue weighted by atomic mass is 19.2. The molecule has 0 saturated heterocycles. The smallest absolute Gasteiger partial charge is 0.170 e. The van der Waals surface area contributed by atoms with E-state index in [1.807, 2.05) is 0 Å². The average Bonchev–Trinajstić information content (AvgIpc) is 2.34. The van der Waals surface area contributed by atoms with Crippen molar-refractivity contribution in [2.45, 2.75) is 6.42 Å². The molecule has 0 N–H and O–H groups in total. The second-order valence-corrected chi connectivity index (χ2v) is 3.94. The number of benzene rings is 2. The van der Waals surface area contributed by atoms with Crippen molar-refractivity contribution in [3.05, 3.63) is 70.8 Å². The van der Waals surface area contributed by atoms with Crippen molar-refractivity contribution < 1.29 is 22.4 Å². The Balaban J connectivity index is 2.28. The summed E-state index contributed by atoms with van der Waals surface area (Å²) in [6.07, 6.45) is -0.494.